The van der Waals surface area contributed by atoms with Gasteiger partial charge in [-0.05, 0) is 27.7 Å². The summed E-state index contributed by atoms with van der Waals surface area (Å²) >= 11 is 0. The number of rotatable bonds is 4. The fraction of sp³-hybridized carbons (Fsp3) is 0.667. The number of nitrogens with two attached hydrogens (primary N) is 1. The third-order valence-electron chi connectivity index (χ3n) is 1.96. The molecule has 0 aliphatic carbocycles. The molecule has 0 aromatic heterocycles. The van der Waals surface area contributed by atoms with Gasteiger partial charge in [-0.15, -0.1) is 0 Å². The van der Waals surface area contributed by atoms with E-state index in [0.717, 1.165) is 0 Å². The molecule has 0 bridgehead atoms. The lowest BCUT2D eigenvalue weighted by Crippen LogP contribution is -2.52. The molecule has 18 heavy (non-hydrogen) atoms. The molecule has 104 valence electrons. The van der Waals surface area contributed by atoms with Crippen molar-refractivity contribution in [3.05, 3.63) is 12.2 Å². The Balaban J connectivity index is 4.86. The highest BCUT2D eigenvalue weighted by atomic mass is 16.6. The lowest BCUT2D eigenvalue weighted by molar-refractivity contribution is -0.145. The minimum absolute atomic E-state index is 0.253. The van der Waals surface area contributed by atoms with Gasteiger partial charge in [0.15, 0.2) is 5.54 Å². The molecule has 0 saturated heterocycles. The van der Waals surface area contributed by atoms with Gasteiger partial charge in [0.05, 0.1) is 7.11 Å². The Morgan fingerprint density at radius 1 is 1.28 bits per heavy atom. The maximum atomic E-state index is 11.7. The maximum Gasteiger partial charge on any atom is 0.408 e. The predicted molar refractivity (Wildman–Crippen MR) is 68.0 cm³/mol. The molecule has 6 heteroatoms. The fourth-order valence-electron chi connectivity index (χ4n) is 1.19. The number of alkyl carbamates (subject to hydrolysis) is 1. The standard InChI is InChI=1S/C12H22N2O4/c1-11(2,3)18-10(16)14-12(4,7-6-8-13)9(15)17-5/h6-7H,8,13H2,1-5H3,(H,14,16)/b7-6+/t12-/m0/s1. The number of hydrogen-bond acceptors (Lipinski definition) is 5. The number of nitrogens with one attached hydrogen (secondary N) is 1. The minimum Gasteiger partial charge on any atom is -0.467 e. The maximum absolute atomic E-state index is 11.7. The van der Waals surface area contributed by atoms with Gasteiger partial charge in [-0.3, -0.25) is 0 Å². The van der Waals surface area contributed by atoms with Crippen LogP contribution in [0.15, 0.2) is 12.2 Å². The van der Waals surface area contributed by atoms with Crippen molar-refractivity contribution in [2.24, 2.45) is 5.73 Å². The Morgan fingerprint density at radius 3 is 2.22 bits per heavy atom. The van der Waals surface area contributed by atoms with E-state index in [9.17, 15) is 9.59 Å². The first-order chi connectivity index (χ1) is 8.14. The molecule has 0 radical (unpaired) electrons. The van der Waals surface area contributed by atoms with E-state index in [0.29, 0.717) is 0 Å². The largest absolute Gasteiger partial charge is 0.467 e. The summed E-state index contributed by atoms with van der Waals surface area (Å²) in [6.07, 6.45) is 2.34. The first-order valence-electron chi connectivity index (χ1n) is 5.62. The molecule has 0 fully saturated rings. The summed E-state index contributed by atoms with van der Waals surface area (Å²) in [5.74, 6) is -0.599. The summed E-state index contributed by atoms with van der Waals surface area (Å²) in [5.41, 5.74) is 3.39. The van der Waals surface area contributed by atoms with Crippen LogP contribution in [0.25, 0.3) is 0 Å². The van der Waals surface area contributed by atoms with E-state index in [4.69, 9.17) is 10.5 Å². The van der Waals surface area contributed by atoms with E-state index in [1.807, 2.05) is 0 Å². The third kappa shape index (κ3) is 5.67. The highest BCUT2D eigenvalue weighted by Crippen LogP contribution is 2.12. The van der Waals surface area contributed by atoms with Crippen molar-refractivity contribution in [2.75, 3.05) is 13.7 Å². The van der Waals surface area contributed by atoms with Crippen molar-refractivity contribution in [2.45, 2.75) is 38.8 Å². The van der Waals surface area contributed by atoms with E-state index in [2.05, 4.69) is 10.1 Å². The summed E-state index contributed by atoms with van der Waals surface area (Å²) in [6, 6.07) is 0. The Hall–Kier alpha value is -1.56. The second kappa shape index (κ2) is 6.39. The molecule has 0 unspecified atom stereocenters. The third-order valence-corrected chi connectivity index (χ3v) is 1.96. The van der Waals surface area contributed by atoms with Crippen molar-refractivity contribution < 1.29 is 19.1 Å². The van der Waals surface area contributed by atoms with Gasteiger partial charge in [0.1, 0.15) is 5.60 Å². The van der Waals surface area contributed by atoms with Gasteiger partial charge in [0.2, 0.25) is 0 Å². The second-order valence-electron chi connectivity index (χ2n) is 4.96. The number of methoxy groups -OCH3 is 1. The highest BCUT2D eigenvalue weighted by Gasteiger charge is 2.34. The van der Waals surface area contributed by atoms with Crippen molar-refractivity contribution in [3.63, 3.8) is 0 Å². The van der Waals surface area contributed by atoms with Crippen LogP contribution in [0, 0.1) is 0 Å². The highest BCUT2D eigenvalue weighted by molar-refractivity contribution is 5.87. The number of ether oxygens (including phenoxy) is 2. The quantitative estimate of drug-likeness (QED) is 0.579. The first kappa shape index (κ1) is 16.4. The summed E-state index contributed by atoms with van der Waals surface area (Å²) in [5, 5.41) is 2.46. The first-order valence-corrected chi connectivity index (χ1v) is 5.62. The SMILES string of the molecule is COC(=O)[C@](C)(/C=C/CN)NC(=O)OC(C)(C)C. The van der Waals surface area contributed by atoms with Crippen molar-refractivity contribution in [1.82, 2.24) is 5.32 Å². The van der Waals surface area contributed by atoms with Gasteiger partial charge in [-0.1, -0.05) is 12.2 Å². The van der Waals surface area contributed by atoms with Gasteiger partial charge in [0, 0.05) is 6.54 Å². The zero-order valence-electron chi connectivity index (χ0n) is 11.6. The van der Waals surface area contributed by atoms with Gasteiger partial charge < -0.3 is 20.5 Å². The Kier molecular flexibility index (Phi) is 5.84. The molecule has 0 rings (SSSR count). The molecule has 0 aliphatic heterocycles. The summed E-state index contributed by atoms with van der Waals surface area (Å²) in [4.78, 5) is 23.3. The Morgan fingerprint density at radius 2 is 1.83 bits per heavy atom. The van der Waals surface area contributed by atoms with E-state index in [-0.39, 0.29) is 6.54 Å². The Bertz CT molecular complexity index is 333. The molecule has 0 heterocycles. The summed E-state index contributed by atoms with van der Waals surface area (Å²) in [7, 11) is 1.24. The number of esters is 1. The number of amides is 1. The smallest absolute Gasteiger partial charge is 0.408 e. The predicted octanol–water partition coefficient (Wildman–Crippen LogP) is 0.958. The number of carbonyl (C=O) groups is 2. The monoisotopic (exact) mass is 258 g/mol. The Labute approximate surface area is 108 Å². The van der Waals surface area contributed by atoms with Crippen LogP contribution >= 0.6 is 0 Å². The lowest BCUT2D eigenvalue weighted by atomic mass is 10.0. The average molecular weight is 258 g/mol. The van der Waals surface area contributed by atoms with Crippen molar-refractivity contribution in [3.8, 4) is 0 Å². The minimum atomic E-state index is -1.30. The molecular formula is C12H22N2O4. The zero-order valence-corrected chi connectivity index (χ0v) is 11.6. The molecule has 1 amide bonds. The molecule has 0 aromatic rings. The molecule has 3 N–H and O–H groups in total. The van der Waals surface area contributed by atoms with Crippen LogP contribution in [0.4, 0.5) is 4.79 Å². The van der Waals surface area contributed by atoms with Crippen LogP contribution in [0.2, 0.25) is 0 Å². The molecule has 0 spiro atoms. The molecule has 0 aromatic carbocycles. The van der Waals surface area contributed by atoms with Crippen molar-refractivity contribution >= 4 is 12.1 Å². The fourth-order valence-corrected chi connectivity index (χ4v) is 1.19. The topological polar surface area (TPSA) is 90.6 Å². The number of hydrogen-bond donors (Lipinski definition) is 2. The molecule has 6 nitrogen and oxygen atoms in total. The normalized spacial score (nSPS) is 15.0. The number of carbonyl (C=O) groups excluding carboxylic acids is 2. The van der Waals surface area contributed by atoms with Gasteiger partial charge in [-0.2, -0.15) is 0 Å². The van der Waals surface area contributed by atoms with Crippen LogP contribution < -0.4 is 11.1 Å². The average Bonchev–Trinajstić information content (AvgIpc) is 2.22. The van der Waals surface area contributed by atoms with Crippen LogP contribution in [0.1, 0.15) is 27.7 Å². The van der Waals surface area contributed by atoms with E-state index in [1.165, 1.54) is 20.1 Å². The lowest BCUT2D eigenvalue weighted by Gasteiger charge is -2.27. The summed E-state index contributed by atoms with van der Waals surface area (Å²) < 4.78 is 9.73. The van der Waals surface area contributed by atoms with Crippen LogP contribution in [-0.4, -0.2) is 36.9 Å². The molecule has 0 aliphatic rings. The van der Waals surface area contributed by atoms with E-state index >= 15 is 0 Å². The van der Waals surface area contributed by atoms with Gasteiger partial charge in [0.25, 0.3) is 0 Å². The van der Waals surface area contributed by atoms with Gasteiger partial charge >= 0.3 is 12.1 Å². The van der Waals surface area contributed by atoms with Crippen LogP contribution in [0.3, 0.4) is 0 Å². The van der Waals surface area contributed by atoms with Crippen LogP contribution in [-0.2, 0) is 14.3 Å². The molecule has 0 saturated carbocycles. The van der Waals surface area contributed by atoms with E-state index in [1.54, 1.807) is 26.8 Å². The molecule has 1 atom stereocenters. The summed E-state index contributed by atoms with van der Waals surface area (Å²) in [6.45, 7) is 6.96. The second-order valence-corrected chi connectivity index (χ2v) is 4.96. The van der Waals surface area contributed by atoms with Gasteiger partial charge in [-0.25, -0.2) is 9.59 Å². The molecular weight excluding hydrogens is 236 g/mol. The van der Waals surface area contributed by atoms with E-state index < -0.39 is 23.2 Å². The zero-order chi connectivity index (χ0) is 14.4. The van der Waals surface area contributed by atoms with Crippen molar-refractivity contribution in [1.29, 1.82) is 0 Å². The van der Waals surface area contributed by atoms with Crippen LogP contribution in [0.5, 0.6) is 0 Å².